The molecule has 0 bridgehead atoms. The van der Waals surface area contributed by atoms with Crippen molar-refractivity contribution in [3.63, 3.8) is 0 Å². The molecule has 0 unspecified atom stereocenters. The molecule has 1 aliphatic heterocycles. The monoisotopic (exact) mass is 326 g/mol. The van der Waals surface area contributed by atoms with Crippen molar-refractivity contribution in [1.29, 1.82) is 0 Å². The second-order valence-electron chi connectivity index (χ2n) is 7.00. The first-order chi connectivity index (χ1) is 11.8. The van der Waals surface area contributed by atoms with Gasteiger partial charge in [0.15, 0.2) is 0 Å². The molecule has 1 aliphatic carbocycles. The topological polar surface area (TPSA) is 55.6 Å². The van der Waals surface area contributed by atoms with E-state index in [9.17, 15) is 4.79 Å². The van der Waals surface area contributed by atoms with E-state index >= 15 is 0 Å². The Morgan fingerprint density at radius 1 is 1.38 bits per heavy atom. The fourth-order valence-corrected chi connectivity index (χ4v) is 4.22. The molecule has 5 heteroatoms. The predicted molar refractivity (Wildman–Crippen MR) is 88.3 cm³/mol. The quantitative estimate of drug-likeness (QED) is 0.847. The molecule has 2 aliphatic rings. The lowest BCUT2D eigenvalue weighted by molar-refractivity contribution is 0.0265. The first-order valence-corrected chi connectivity index (χ1v) is 8.55. The van der Waals surface area contributed by atoms with Gasteiger partial charge in [-0.05, 0) is 42.5 Å². The smallest absolute Gasteiger partial charge is 0.257 e. The van der Waals surface area contributed by atoms with E-state index < -0.39 is 0 Å². The lowest BCUT2D eigenvalue weighted by atomic mass is 9.81. The highest BCUT2D eigenvalue weighted by atomic mass is 16.5. The molecule has 0 spiro atoms. The van der Waals surface area contributed by atoms with Gasteiger partial charge in [-0.15, -0.1) is 0 Å². The number of amides is 1. The van der Waals surface area contributed by atoms with Gasteiger partial charge in [0.05, 0.1) is 25.0 Å². The van der Waals surface area contributed by atoms with E-state index in [2.05, 4.69) is 4.98 Å². The largest absolute Gasteiger partial charge is 0.472 e. The van der Waals surface area contributed by atoms with Gasteiger partial charge in [-0.2, -0.15) is 0 Å². The Morgan fingerprint density at radius 2 is 2.25 bits per heavy atom. The van der Waals surface area contributed by atoms with Crippen molar-refractivity contribution in [3.8, 4) is 0 Å². The predicted octanol–water partition coefficient (Wildman–Crippen LogP) is 3.13. The standard InChI is InChI=1S/C19H22N2O3/c22-18(16-5-9-23-12-16)21-10-17-2-1-6-19(17,13-21)14-24-11-15-3-7-20-8-4-15/h3-5,7-9,12,17H,1-2,6,10-11,13-14H2/t17-,19+/m0/s1. The maximum atomic E-state index is 12.6. The summed E-state index contributed by atoms with van der Waals surface area (Å²) in [6, 6.07) is 5.70. The first kappa shape index (κ1) is 15.4. The van der Waals surface area contributed by atoms with Gasteiger partial charge in [-0.1, -0.05) is 6.42 Å². The third-order valence-electron chi connectivity index (χ3n) is 5.50. The van der Waals surface area contributed by atoms with Crippen molar-refractivity contribution in [2.75, 3.05) is 19.7 Å². The SMILES string of the molecule is O=C(c1ccoc1)N1C[C@@H]2CCC[C@]2(COCc2ccncc2)C1. The molecule has 2 fully saturated rings. The van der Waals surface area contributed by atoms with Crippen LogP contribution in [-0.4, -0.2) is 35.5 Å². The van der Waals surface area contributed by atoms with E-state index in [-0.39, 0.29) is 11.3 Å². The summed E-state index contributed by atoms with van der Waals surface area (Å²) in [5.74, 6) is 0.623. The van der Waals surface area contributed by atoms with Crippen LogP contribution in [-0.2, 0) is 11.3 Å². The van der Waals surface area contributed by atoms with Crippen LogP contribution in [0.4, 0.5) is 0 Å². The van der Waals surface area contributed by atoms with Crippen LogP contribution in [0.1, 0.15) is 35.2 Å². The molecule has 126 valence electrons. The fraction of sp³-hybridized carbons (Fsp3) is 0.474. The van der Waals surface area contributed by atoms with E-state index in [0.29, 0.717) is 18.1 Å². The molecule has 1 saturated carbocycles. The Bertz CT molecular complexity index is 686. The van der Waals surface area contributed by atoms with Gasteiger partial charge in [-0.25, -0.2) is 0 Å². The summed E-state index contributed by atoms with van der Waals surface area (Å²) >= 11 is 0. The molecular weight excluding hydrogens is 304 g/mol. The molecule has 1 saturated heterocycles. The number of likely N-dealkylation sites (tertiary alicyclic amines) is 1. The van der Waals surface area contributed by atoms with E-state index in [1.165, 1.54) is 19.1 Å². The number of ether oxygens (including phenoxy) is 1. The zero-order chi connectivity index (χ0) is 16.4. The van der Waals surface area contributed by atoms with Gasteiger partial charge in [0.2, 0.25) is 0 Å². The Morgan fingerprint density at radius 3 is 3.04 bits per heavy atom. The number of carbonyl (C=O) groups is 1. The number of furan rings is 1. The van der Waals surface area contributed by atoms with Crippen LogP contribution in [0.3, 0.4) is 0 Å². The van der Waals surface area contributed by atoms with E-state index in [1.807, 2.05) is 17.0 Å². The number of fused-ring (bicyclic) bond motifs is 1. The third kappa shape index (κ3) is 2.84. The summed E-state index contributed by atoms with van der Waals surface area (Å²) in [6.45, 7) is 2.95. The van der Waals surface area contributed by atoms with Gasteiger partial charge in [0.25, 0.3) is 5.91 Å². The highest BCUT2D eigenvalue weighted by Gasteiger charge is 2.50. The van der Waals surface area contributed by atoms with Gasteiger partial charge >= 0.3 is 0 Å². The summed E-state index contributed by atoms with van der Waals surface area (Å²) in [4.78, 5) is 18.6. The van der Waals surface area contributed by atoms with Gasteiger partial charge in [0.1, 0.15) is 6.26 Å². The van der Waals surface area contributed by atoms with E-state index in [0.717, 1.165) is 31.7 Å². The summed E-state index contributed by atoms with van der Waals surface area (Å²) in [5.41, 5.74) is 1.90. The summed E-state index contributed by atoms with van der Waals surface area (Å²) in [7, 11) is 0. The van der Waals surface area contributed by atoms with Gasteiger partial charge < -0.3 is 14.1 Å². The van der Waals surface area contributed by atoms with Crippen molar-refractivity contribution in [2.24, 2.45) is 11.3 Å². The van der Waals surface area contributed by atoms with Crippen LogP contribution in [0.2, 0.25) is 0 Å². The second-order valence-corrected chi connectivity index (χ2v) is 7.00. The molecule has 24 heavy (non-hydrogen) atoms. The van der Waals surface area contributed by atoms with Gasteiger partial charge in [-0.3, -0.25) is 9.78 Å². The van der Waals surface area contributed by atoms with Crippen LogP contribution in [0.25, 0.3) is 0 Å². The molecule has 1 amide bonds. The molecule has 4 rings (SSSR count). The van der Waals surface area contributed by atoms with Crippen molar-refractivity contribution in [2.45, 2.75) is 25.9 Å². The summed E-state index contributed by atoms with van der Waals surface area (Å²) in [6.07, 6.45) is 10.2. The molecule has 2 aromatic rings. The zero-order valence-electron chi connectivity index (χ0n) is 13.7. The maximum Gasteiger partial charge on any atom is 0.257 e. The van der Waals surface area contributed by atoms with Gasteiger partial charge in [0, 0.05) is 30.9 Å². The molecule has 0 radical (unpaired) electrons. The van der Waals surface area contributed by atoms with Crippen LogP contribution in [0.15, 0.2) is 47.5 Å². The zero-order valence-corrected chi connectivity index (χ0v) is 13.7. The second kappa shape index (κ2) is 6.40. The Balaban J connectivity index is 1.40. The molecule has 3 heterocycles. The average Bonchev–Trinajstić information content (AvgIpc) is 3.31. The minimum Gasteiger partial charge on any atom is -0.472 e. The molecule has 2 atom stereocenters. The molecular formula is C19H22N2O3. The first-order valence-electron chi connectivity index (χ1n) is 8.55. The lowest BCUT2D eigenvalue weighted by Gasteiger charge is -2.28. The number of hydrogen-bond acceptors (Lipinski definition) is 4. The normalized spacial score (nSPS) is 25.8. The molecule has 2 aromatic heterocycles. The Hall–Kier alpha value is -2.14. The van der Waals surface area contributed by atoms with Crippen LogP contribution in [0, 0.1) is 11.3 Å². The number of pyridine rings is 1. The number of carbonyl (C=O) groups excluding carboxylic acids is 1. The van der Waals surface area contributed by atoms with E-state index in [4.69, 9.17) is 9.15 Å². The molecule has 0 aromatic carbocycles. The van der Waals surface area contributed by atoms with Crippen LogP contribution >= 0.6 is 0 Å². The van der Waals surface area contributed by atoms with Crippen molar-refractivity contribution in [1.82, 2.24) is 9.88 Å². The number of hydrogen-bond donors (Lipinski definition) is 0. The number of nitrogens with zero attached hydrogens (tertiary/aromatic N) is 2. The summed E-state index contributed by atoms with van der Waals surface area (Å²) < 4.78 is 11.1. The minimum absolute atomic E-state index is 0.0756. The fourth-order valence-electron chi connectivity index (χ4n) is 4.22. The third-order valence-corrected chi connectivity index (χ3v) is 5.50. The maximum absolute atomic E-state index is 12.6. The van der Waals surface area contributed by atoms with Crippen molar-refractivity contribution >= 4 is 5.91 Å². The van der Waals surface area contributed by atoms with E-state index in [1.54, 1.807) is 24.7 Å². The van der Waals surface area contributed by atoms with Crippen LogP contribution < -0.4 is 0 Å². The molecule has 5 nitrogen and oxygen atoms in total. The number of aromatic nitrogens is 1. The number of rotatable bonds is 5. The lowest BCUT2D eigenvalue weighted by Crippen LogP contribution is -2.34. The van der Waals surface area contributed by atoms with Crippen molar-refractivity contribution in [3.05, 3.63) is 54.2 Å². The van der Waals surface area contributed by atoms with Crippen LogP contribution in [0.5, 0.6) is 0 Å². The minimum atomic E-state index is 0.0756. The summed E-state index contributed by atoms with van der Waals surface area (Å²) in [5, 5.41) is 0. The average molecular weight is 326 g/mol. The Labute approximate surface area is 141 Å². The highest BCUT2D eigenvalue weighted by molar-refractivity contribution is 5.94. The Kier molecular flexibility index (Phi) is 4.10. The van der Waals surface area contributed by atoms with Crippen molar-refractivity contribution < 1.29 is 13.9 Å². The highest BCUT2D eigenvalue weighted by Crippen LogP contribution is 2.49. The molecule has 0 N–H and O–H groups in total.